The first-order chi connectivity index (χ1) is 36.9. The van der Waals surface area contributed by atoms with Crippen LogP contribution in [0.25, 0.3) is 10.8 Å². The van der Waals surface area contributed by atoms with Crippen molar-refractivity contribution in [3.8, 4) is 5.75 Å². The molecule has 0 bridgehead atoms. The number of carbonyl (C=O) groups is 4. The van der Waals surface area contributed by atoms with Crippen LogP contribution in [0, 0.1) is 19.7 Å². The van der Waals surface area contributed by atoms with Crippen molar-refractivity contribution in [3.05, 3.63) is 149 Å². The second-order valence-electron chi connectivity index (χ2n) is 19.6. The van der Waals surface area contributed by atoms with Crippen molar-refractivity contribution in [2.45, 2.75) is 108 Å². The number of H-pyrrole nitrogens is 1. The number of piperidine rings is 1. The number of benzene rings is 4. The van der Waals surface area contributed by atoms with Crippen LogP contribution in [-0.2, 0) is 35.6 Å². The fraction of sp³-hybridized carbons (Fsp3) is 0.431. The summed E-state index contributed by atoms with van der Waals surface area (Å²) in [7, 11) is -3.72. The molecule has 416 valence electrons. The Morgan fingerprint density at radius 3 is 2.15 bits per heavy atom. The summed E-state index contributed by atoms with van der Waals surface area (Å²) in [5.41, 5.74) is 1.81. The third-order valence-electron chi connectivity index (χ3n) is 12.7. The largest absolute Gasteiger partial charge is 1.00 e. The topological polar surface area (TPSA) is 226 Å². The van der Waals surface area contributed by atoms with E-state index in [0.29, 0.717) is 88.1 Å². The molecule has 0 aliphatic carbocycles. The summed E-state index contributed by atoms with van der Waals surface area (Å²) in [6.07, 6.45) is 10.7. The summed E-state index contributed by atoms with van der Waals surface area (Å²) in [6.45, 7) is 15.8. The van der Waals surface area contributed by atoms with Crippen molar-refractivity contribution in [2.75, 3.05) is 59.0 Å². The Morgan fingerprint density at radius 2 is 1.50 bits per heavy atom. The zero-order chi connectivity index (χ0) is 55.8. The molecule has 3 amide bonds. The Balaban J connectivity index is 0.000000405. The van der Waals surface area contributed by atoms with Crippen molar-refractivity contribution in [1.29, 1.82) is 0 Å². The van der Waals surface area contributed by atoms with Crippen LogP contribution in [0.3, 0.4) is 0 Å². The number of sulfonamides is 1. The average Bonchev–Trinajstić information content (AvgIpc) is 3.44. The van der Waals surface area contributed by atoms with E-state index < -0.39 is 39.2 Å². The van der Waals surface area contributed by atoms with Gasteiger partial charge in [0.2, 0.25) is 15.9 Å². The Kier molecular flexibility index (Phi) is 26.9. The van der Waals surface area contributed by atoms with Crippen LogP contribution in [-0.4, -0.2) is 122 Å². The minimum Gasteiger partial charge on any atom is -0.542 e. The van der Waals surface area contributed by atoms with Crippen molar-refractivity contribution in [2.24, 2.45) is 0 Å². The Bertz CT molecular complexity index is 2890. The molecule has 20 heteroatoms. The molecule has 17 nitrogen and oxygen atoms in total. The van der Waals surface area contributed by atoms with Gasteiger partial charge in [-0.25, -0.2) is 17.9 Å². The molecule has 5 aromatic rings. The summed E-state index contributed by atoms with van der Waals surface area (Å²) in [5.74, 6) is -1.02. The van der Waals surface area contributed by atoms with Crippen LogP contribution in [0.5, 0.6) is 5.75 Å². The Morgan fingerprint density at radius 1 is 0.846 bits per heavy atom. The fourth-order valence-corrected chi connectivity index (χ4v) is 10.1. The predicted octanol–water partition coefficient (Wildman–Crippen LogP) is 4.41. The van der Waals surface area contributed by atoms with E-state index in [1.807, 2.05) is 42.7 Å². The number of hydrogen-bond donors (Lipinski definition) is 4. The molecule has 1 aliphatic heterocycles. The summed E-state index contributed by atoms with van der Waals surface area (Å²) in [5, 5.41) is 16.6. The number of amides is 3. The van der Waals surface area contributed by atoms with Gasteiger partial charge in [-0.05, 0) is 112 Å². The van der Waals surface area contributed by atoms with Crippen molar-refractivity contribution in [1.82, 2.24) is 35.4 Å². The van der Waals surface area contributed by atoms with Crippen molar-refractivity contribution < 1.29 is 65.1 Å². The number of hydrogen-bond acceptors (Lipinski definition) is 12. The summed E-state index contributed by atoms with van der Waals surface area (Å²) >= 11 is 0. The number of nitrogens with zero attached hydrogens (tertiary/aromatic N) is 3. The van der Waals surface area contributed by atoms with Crippen molar-refractivity contribution in [3.63, 3.8) is 0 Å². The third kappa shape index (κ3) is 20.5. The zero-order valence-corrected chi connectivity index (χ0v) is 46.3. The number of aromatic amines is 1. The average molecular weight is 1090 g/mol. The monoisotopic (exact) mass is 1090 g/mol. The summed E-state index contributed by atoms with van der Waals surface area (Å²) < 4.78 is 53.3. The number of ether oxygens (including phenoxy) is 2. The molecular weight excluding hydrogens is 1010 g/mol. The molecule has 0 spiro atoms. The molecule has 0 radical (unpaired) electrons. The first-order valence-corrected chi connectivity index (χ1v) is 27.7. The van der Waals surface area contributed by atoms with E-state index in [1.165, 1.54) is 45.6 Å². The van der Waals surface area contributed by atoms with Gasteiger partial charge in [-0.3, -0.25) is 30.3 Å². The molecule has 1 aromatic heterocycles. The van der Waals surface area contributed by atoms with E-state index in [-0.39, 0.29) is 71.9 Å². The molecule has 4 N–H and O–H groups in total. The van der Waals surface area contributed by atoms with E-state index in [1.54, 1.807) is 39.0 Å². The standard InChI is InChI=1S/C38H55N4O8S.C20H18FN3O2.Li/c1-38(2,3)50-36(45)29-41-37(46)32-14-18-34(19-15-32)51(47,48)42-25-20-31(21-26-42)30-12-16-33(17-13-30)49-28-24-39-22-23-40-35(44)11-9-7-5-4-6-8-10-27-43;1-3-24(4-2)20(26)16-11-13(9-10-17(16)21)12-18-14-7-5-6-8-15(14)19(25)23-22-18;/h12-19,31,39H,4-11,20-26,28-29H2,1-3H3,(H,40,44)(H,41,46);5-11H,1-4,12H2,(H,23,25);/q-1;-2;+1. The van der Waals surface area contributed by atoms with E-state index in [0.717, 1.165) is 55.2 Å². The summed E-state index contributed by atoms with van der Waals surface area (Å²) in [6, 6.07) is 25.2. The quantitative estimate of drug-likeness (QED) is 0.0249. The van der Waals surface area contributed by atoms with Crippen LogP contribution < -0.4 is 45.1 Å². The van der Waals surface area contributed by atoms with Crippen LogP contribution in [0.2, 0.25) is 0 Å². The van der Waals surface area contributed by atoms with Crippen LogP contribution in [0.15, 0.2) is 101 Å². The van der Waals surface area contributed by atoms with Gasteiger partial charge in [-0.15, -0.1) is 13.1 Å². The Hall–Kier alpha value is -6.23. The number of fused-ring (bicyclic) bond motifs is 1. The minimum atomic E-state index is -3.72. The van der Waals surface area contributed by atoms with Gasteiger partial charge in [0.25, 0.3) is 17.4 Å². The van der Waals surface area contributed by atoms with Gasteiger partial charge in [-0.1, -0.05) is 68.5 Å². The SMILES string of the molecule is CC(C)(C)OC(=O)CNC(=O)c1ccc(S(=O)(=O)N2CCC(c3ccc(OCCNCCNC(=O)CCCCCCCC[C-]=O)cc3)CC2)cc1.[CH2-]CN(C[CH2-])C(=O)c1cc(Cc2n[nH]c(=O)c3ccccc23)ccc1F.[Li+]. The van der Waals surface area contributed by atoms with Gasteiger partial charge in [0, 0.05) is 56.5 Å². The fourth-order valence-electron chi connectivity index (χ4n) is 8.59. The van der Waals surface area contributed by atoms with Crippen LogP contribution in [0.1, 0.15) is 128 Å². The van der Waals surface area contributed by atoms with Gasteiger partial charge in [0.05, 0.1) is 21.5 Å². The van der Waals surface area contributed by atoms with Gasteiger partial charge in [0.1, 0.15) is 30.3 Å². The third-order valence-corrected chi connectivity index (χ3v) is 14.6. The zero-order valence-electron chi connectivity index (χ0n) is 45.5. The van der Waals surface area contributed by atoms with E-state index in [9.17, 15) is 41.6 Å². The van der Waals surface area contributed by atoms with Crippen molar-refractivity contribution >= 4 is 50.8 Å². The predicted molar refractivity (Wildman–Crippen MR) is 294 cm³/mol. The number of unbranched alkanes of at least 4 members (excludes halogenated alkanes) is 6. The van der Waals surface area contributed by atoms with Gasteiger partial charge < -0.3 is 49.0 Å². The van der Waals surface area contributed by atoms with Crippen LogP contribution >= 0.6 is 0 Å². The van der Waals surface area contributed by atoms with Gasteiger partial charge >= 0.3 is 24.8 Å². The molecule has 0 saturated carbocycles. The normalized spacial score (nSPS) is 12.8. The van der Waals surface area contributed by atoms with Gasteiger partial charge in [0.15, 0.2) is 0 Å². The molecule has 78 heavy (non-hydrogen) atoms. The number of aromatic nitrogens is 2. The molecule has 0 atom stereocenters. The number of nitrogens with one attached hydrogen (secondary N) is 4. The van der Waals surface area contributed by atoms with Crippen LogP contribution in [0.4, 0.5) is 4.39 Å². The maximum absolute atomic E-state index is 14.1. The van der Waals surface area contributed by atoms with Gasteiger partial charge in [-0.2, -0.15) is 15.8 Å². The molecule has 1 aliphatic rings. The molecule has 4 aromatic carbocycles. The summed E-state index contributed by atoms with van der Waals surface area (Å²) in [4.78, 5) is 72.3. The second kappa shape index (κ2) is 32.6. The number of rotatable bonds is 27. The maximum atomic E-state index is 14.1. The molecule has 2 heterocycles. The van der Waals surface area contributed by atoms with E-state index in [4.69, 9.17) is 9.47 Å². The molecule has 1 fully saturated rings. The minimum absolute atomic E-state index is 0. The first kappa shape index (κ1) is 64.3. The number of carbonyl (C=O) groups excluding carboxylic acids is 5. The maximum Gasteiger partial charge on any atom is 1.00 e. The smallest absolute Gasteiger partial charge is 0.542 e. The molecule has 6 rings (SSSR count). The van der Waals surface area contributed by atoms with E-state index >= 15 is 0 Å². The Labute approximate surface area is 470 Å². The molecule has 0 unspecified atom stereocenters. The molecular formula is C58H73FLiN7O10S-2. The van der Waals surface area contributed by atoms with E-state index in [2.05, 4.69) is 40.0 Å². The molecule has 1 saturated heterocycles. The first-order valence-electron chi connectivity index (χ1n) is 26.2. The second-order valence-corrected chi connectivity index (χ2v) is 21.5. The number of halogens is 1. The number of esters is 1.